The second kappa shape index (κ2) is 17.8. The molecule has 0 bridgehead atoms. The molecule has 3 aromatic carbocycles. The summed E-state index contributed by atoms with van der Waals surface area (Å²) in [6, 6.07) is 30.5. The van der Waals surface area contributed by atoms with Crippen molar-refractivity contribution in [2.75, 3.05) is 38.0 Å². The summed E-state index contributed by atoms with van der Waals surface area (Å²) in [7, 11) is 0. The first-order valence-corrected chi connectivity index (χ1v) is 19.0. The number of nitrogens with one attached hydrogen (secondary N) is 4. The Bertz CT molecular complexity index is 1970. The molecule has 4 atom stereocenters. The molecule has 0 aliphatic carbocycles. The number of aliphatic hydroxyl groups excluding tert-OH is 2. The van der Waals surface area contributed by atoms with Crippen LogP contribution in [0.15, 0.2) is 97.3 Å². The quantitative estimate of drug-likeness (QED) is 0.0985. The Morgan fingerprint density at radius 3 is 2.16 bits per heavy atom. The normalized spacial score (nSPS) is 20.4. The molecule has 2 aromatic heterocycles. The van der Waals surface area contributed by atoms with E-state index in [1.165, 1.54) is 16.5 Å². The van der Waals surface area contributed by atoms with Crippen molar-refractivity contribution in [3.63, 3.8) is 0 Å². The number of carbonyl (C=O) groups is 2. The van der Waals surface area contributed by atoms with Crippen LogP contribution in [0, 0.1) is 5.92 Å². The summed E-state index contributed by atoms with van der Waals surface area (Å²) in [5.74, 6) is 0.549. The van der Waals surface area contributed by atoms with Crippen LogP contribution < -0.4 is 21.3 Å². The maximum absolute atomic E-state index is 13.1. The van der Waals surface area contributed by atoms with Crippen molar-refractivity contribution in [2.24, 2.45) is 5.92 Å². The number of aromatic nitrogens is 4. The van der Waals surface area contributed by atoms with E-state index in [2.05, 4.69) is 79.7 Å². The predicted molar refractivity (Wildman–Crippen MR) is 208 cm³/mol. The third kappa shape index (κ3) is 9.11. The lowest BCUT2D eigenvalue weighted by Gasteiger charge is -2.32. The lowest BCUT2D eigenvalue weighted by atomic mass is 9.91. The lowest BCUT2D eigenvalue weighted by Crippen LogP contribution is -2.42. The second-order valence-corrected chi connectivity index (χ2v) is 14.2. The number of carbonyl (C=O) groups excluding carboxylic acids is 2. The minimum absolute atomic E-state index is 0.0101. The lowest BCUT2D eigenvalue weighted by molar-refractivity contribution is -0.137. The molecule has 14 heteroatoms. The standard InChI is InChI=1S/C41H49N9O5/c1-2-42-39(53)36-34(51)35(52)40(55-36)50-26-46-33-37(43-23-31(29-14-8-4-9-15-29)30-16-10-5-11-17-30)47-32(48-38(33)50)24-45-41(54)44-22-27-18-20-49(21-19-27)25-28-12-6-3-7-13-28/h3-17,26-27,31,34-36,40,51-52H,2,18-25H2,1H3,(H,42,53)(H,43,47,48)(H2,44,45,54). The maximum atomic E-state index is 13.1. The molecule has 0 radical (unpaired) electrons. The number of fused-ring (bicyclic) bond motifs is 1. The van der Waals surface area contributed by atoms with Gasteiger partial charge in [-0.25, -0.2) is 19.7 Å². The Balaban J connectivity index is 1.07. The fourth-order valence-electron chi connectivity index (χ4n) is 7.38. The minimum atomic E-state index is -1.47. The number of hydrogen-bond donors (Lipinski definition) is 6. The highest BCUT2D eigenvalue weighted by atomic mass is 16.6. The molecular formula is C41H49N9O5. The van der Waals surface area contributed by atoms with E-state index < -0.39 is 30.4 Å². The number of benzene rings is 3. The second-order valence-electron chi connectivity index (χ2n) is 14.2. The summed E-state index contributed by atoms with van der Waals surface area (Å²) in [6.07, 6.45) is -1.88. The van der Waals surface area contributed by atoms with Crippen molar-refractivity contribution in [2.45, 2.75) is 63.3 Å². The van der Waals surface area contributed by atoms with Crippen LogP contribution in [0.25, 0.3) is 11.2 Å². The molecule has 288 valence electrons. The zero-order valence-corrected chi connectivity index (χ0v) is 30.9. The summed E-state index contributed by atoms with van der Waals surface area (Å²) in [6.45, 7) is 6.04. The SMILES string of the molecule is CCNC(=O)C1OC(n2cnc3c(NCC(c4ccccc4)c4ccccc4)nc(CNC(=O)NCC4CCN(Cc5ccccc5)CC4)nc32)C(O)C1O. The zero-order valence-electron chi connectivity index (χ0n) is 30.9. The van der Waals surface area contributed by atoms with E-state index in [0.29, 0.717) is 48.4 Å². The minimum Gasteiger partial charge on any atom is -0.387 e. The van der Waals surface area contributed by atoms with E-state index >= 15 is 0 Å². The monoisotopic (exact) mass is 747 g/mol. The van der Waals surface area contributed by atoms with Crippen molar-refractivity contribution in [1.29, 1.82) is 0 Å². The largest absolute Gasteiger partial charge is 0.387 e. The van der Waals surface area contributed by atoms with Gasteiger partial charge in [0.15, 0.2) is 35.1 Å². The van der Waals surface area contributed by atoms with Crippen LogP contribution in [0.1, 0.15) is 54.4 Å². The summed E-state index contributed by atoms with van der Waals surface area (Å²) >= 11 is 0. The number of amides is 3. The van der Waals surface area contributed by atoms with Gasteiger partial charge in [0.1, 0.15) is 12.2 Å². The van der Waals surface area contributed by atoms with Crippen LogP contribution in [-0.4, -0.2) is 97.6 Å². The van der Waals surface area contributed by atoms with Crippen molar-refractivity contribution < 1.29 is 24.5 Å². The van der Waals surface area contributed by atoms with Crippen LogP contribution in [0.3, 0.4) is 0 Å². The number of urea groups is 1. The summed E-state index contributed by atoms with van der Waals surface area (Å²) in [4.78, 5) is 42.3. The number of anilines is 1. The number of aliphatic hydroxyl groups is 2. The van der Waals surface area contributed by atoms with Crippen molar-refractivity contribution in [1.82, 2.24) is 40.4 Å². The third-order valence-electron chi connectivity index (χ3n) is 10.4. The predicted octanol–water partition coefficient (Wildman–Crippen LogP) is 3.54. The van der Waals surface area contributed by atoms with Gasteiger partial charge >= 0.3 is 6.03 Å². The number of ether oxygens (including phenoxy) is 1. The molecule has 0 saturated carbocycles. The summed E-state index contributed by atoms with van der Waals surface area (Å²) in [5.41, 5.74) is 4.25. The van der Waals surface area contributed by atoms with Gasteiger partial charge in [0, 0.05) is 32.1 Å². The van der Waals surface area contributed by atoms with Crippen molar-refractivity contribution >= 4 is 28.9 Å². The van der Waals surface area contributed by atoms with E-state index in [-0.39, 0.29) is 18.5 Å². The molecule has 7 rings (SSSR count). The molecule has 3 amide bonds. The molecule has 4 heterocycles. The van der Waals surface area contributed by atoms with Gasteiger partial charge in [-0.2, -0.15) is 0 Å². The molecule has 5 aromatic rings. The number of rotatable bonds is 14. The molecule has 2 aliphatic heterocycles. The van der Waals surface area contributed by atoms with Crippen molar-refractivity contribution in [3.05, 3.63) is 120 Å². The van der Waals surface area contributed by atoms with Crippen LogP contribution >= 0.6 is 0 Å². The van der Waals surface area contributed by atoms with Gasteiger partial charge in [0.05, 0.1) is 12.9 Å². The molecule has 2 aliphatic rings. The highest BCUT2D eigenvalue weighted by molar-refractivity contribution is 5.84. The third-order valence-corrected chi connectivity index (χ3v) is 10.4. The first-order valence-electron chi connectivity index (χ1n) is 19.0. The van der Waals surface area contributed by atoms with E-state index in [1.807, 2.05) is 42.5 Å². The number of likely N-dealkylation sites (tertiary alicyclic amines) is 1. The van der Waals surface area contributed by atoms with Crippen LogP contribution in [0.5, 0.6) is 0 Å². The Morgan fingerprint density at radius 1 is 0.855 bits per heavy atom. The van der Waals surface area contributed by atoms with Crippen LogP contribution in [0.2, 0.25) is 0 Å². The molecular weight excluding hydrogens is 699 g/mol. The average molecular weight is 748 g/mol. The maximum Gasteiger partial charge on any atom is 0.315 e. The highest BCUT2D eigenvalue weighted by Crippen LogP contribution is 2.33. The topological polar surface area (TPSA) is 179 Å². The zero-order chi connectivity index (χ0) is 38.1. The van der Waals surface area contributed by atoms with Gasteiger partial charge in [-0.15, -0.1) is 0 Å². The Labute approximate surface area is 320 Å². The molecule has 2 fully saturated rings. The summed E-state index contributed by atoms with van der Waals surface area (Å²) < 4.78 is 7.41. The number of hydrogen-bond acceptors (Lipinski definition) is 10. The smallest absolute Gasteiger partial charge is 0.315 e. The summed E-state index contributed by atoms with van der Waals surface area (Å²) in [5, 5.41) is 33.9. The molecule has 6 N–H and O–H groups in total. The Hall–Kier alpha value is -5.41. The van der Waals surface area contributed by atoms with E-state index in [1.54, 1.807) is 6.92 Å². The molecule has 14 nitrogen and oxygen atoms in total. The highest BCUT2D eigenvalue weighted by Gasteiger charge is 2.47. The Kier molecular flexibility index (Phi) is 12.3. The Morgan fingerprint density at radius 2 is 1.51 bits per heavy atom. The number of likely N-dealkylation sites (N-methyl/N-ethyl adjacent to an activating group) is 1. The van der Waals surface area contributed by atoms with Gasteiger partial charge in [-0.05, 0) is 55.5 Å². The fourth-order valence-corrected chi connectivity index (χ4v) is 7.38. The van der Waals surface area contributed by atoms with Crippen molar-refractivity contribution in [3.8, 4) is 0 Å². The number of imidazole rings is 1. The first-order chi connectivity index (χ1) is 26.9. The van der Waals surface area contributed by atoms with E-state index in [9.17, 15) is 19.8 Å². The average Bonchev–Trinajstić information content (AvgIpc) is 3.77. The van der Waals surface area contributed by atoms with Gasteiger partial charge in [0.2, 0.25) is 0 Å². The molecule has 4 unspecified atom stereocenters. The van der Waals surface area contributed by atoms with Crippen LogP contribution in [-0.2, 0) is 22.6 Å². The number of nitrogens with zero attached hydrogens (tertiary/aromatic N) is 5. The van der Waals surface area contributed by atoms with Gasteiger partial charge in [0.25, 0.3) is 5.91 Å². The first kappa shape index (κ1) is 37.9. The fraction of sp³-hybridized carbons (Fsp3) is 0.390. The van der Waals surface area contributed by atoms with Gasteiger partial charge in [-0.1, -0.05) is 91.0 Å². The molecule has 55 heavy (non-hydrogen) atoms. The molecule has 2 saturated heterocycles. The van der Waals surface area contributed by atoms with Crippen LogP contribution in [0.4, 0.5) is 10.6 Å². The number of piperidine rings is 1. The van der Waals surface area contributed by atoms with Gasteiger partial charge < -0.3 is 36.2 Å². The van der Waals surface area contributed by atoms with E-state index in [4.69, 9.17) is 14.7 Å². The molecule has 0 spiro atoms. The van der Waals surface area contributed by atoms with Gasteiger partial charge in [-0.3, -0.25) is 14.3 Å². The van der Waals surface area contributed by atoms with E-state index in [0.717, 1.165) is 43.6 Å².